The van der Waals surface area contributed by atoms with Crippen LogP contribution in [0.25, 0.3) is 0 Å². The average molecular weight is 425 g/mol. The van der Waals surface area contributed by atoms with Crippen LogP contribution in [0.1, 0.15) is 52.7 Å². The summed E-state index contributed by atoms with van der Waals surface area (Å²) in [5.74, 6) is 0.446. The molecule has 0 aromatic heterocycles. The lowest BCUT2D eigenvalue weighted by atomic mass is 9.94. The third-order valence-corrected chi connectivity index (χ3v) is 6.66. The number of halogens is 1. The minimum Gasteiger partial charge on any atom is -0.312 e. The van der Waals surface area contributed by atoms with E-state index < -0.39 is 0 Å². The number of aryl methyl sites for hydroxylation is 1. The van der Waals surface area contributed by atoms with Gasteiger partial charge in [-0.1, -0.05) is 29.8 Å². The van der Waals surface area contributed by atoms with Gasteiger partial charge in [0, 0.05) is 36.5 Å². The summed E-state index contributed by atoms with van der Waals surface area (Å²) in [4.78, 5) is 29.0. The number of rotatable bonds is 9. The topological polar surface area (TPSA) is 40.6 Å². The maximum Gasteiger partial charge on any atom is 0.227 e. The third-order valence-electron chi connectivity index (χ3n) is 6.29. The van der Waals surface area contributed by atoms with E-state index >= 15 is 0 Å². The van der Waals surface area contributed by atoms with E-state index in [2.05, 4.69) is 18.0 Å². The normalized spacial score (nSPS) is 15.0. The zero-order valence-corrected chi connectivity index (χ0v) is 18.4. The number of anilines is 1. The summed E-state index contributed by atoms with van der Waals surface area (Å²) in [5.41, 5.74) is 5.44. The lowest BCUT2D eigenvalue weighted by molar-refractivity contribution is -0.118. The molecule has 1 amide bonds. The summed E-state index contributed by atoms with van der Waals surface area (Å²) < 4.78 is 0. The molecule has 2 aromatic carbocycles. The second-order valence-corrected chi connectivity index (χ2v) is 8.87. The van der Waals surface area contributed by atoms with Gasteiger partial charge in [-0.25, -0.2) is 0 Å². The Hall–Kier alpha value is -2.17. The van der Waals surface area contributed by atoms with E-state index in [9.17, 15) is 9.59 Å². The number of benzene rings is 2. The van der Waals surface area contributed by atoms with Crippen molar-refractivity contribution in [2.75, 3.05) is 31.6 Å². The molecular formula is C25H29ClN2O2. The standard InChI is InChI=1S/C25H29ClN2O2/c1-27(14-11-18-6-2-3-7-22(18)26)13-5-4-8-23(29)21-16-19-9-10-24(30)28-15-12-20(17-21)25(19)28/h2-3,6-7,16-17H,4-5,8-15H2,1H3. The van der Waals surface area contributed by atoms with Crippen molar-refractivity contribution in [1.29, 1.82) is 0 Å². The fourth-order valence-corrected chi connectivity index (χ4v) is 4.78. The molecule has 0 radical (unpaired) electrons. The fraction of sp³-hybridized carbons (Fsp3) is 0.440. The van der Waals surface area contributed by atoms with Gasteiger partial charge in [-0.2, -0.15) is 0 Å². The number of nitrogens with zero attached hydrogens (tertiary/aromatic N) is 2. The highest BCUT2D eigenvalue weighted by molar-refractivity contribution is 6.31. The summed E-state index contributed by atoms with van der Waals surface area (Å²) in [6.45, 7) is 2.70. The van der Waals surface area contributed by atoms with Crippen LogP contribution in [0.2, 0.25) is 5.02 Å². The van der Waals surface area contributed by atoms with E-state index in [0.29, 0.717) is 12.8 Å². The van der Waals surface area contributed by atoms with Crippen LogP contribution in [-0.4, -0.2) is 43.3 Å². The molecule has 30 heavy (non-hydrogen) atoms. The van der Waals surface area contributed by atoms with Gasteiger partial charge < -0.3 is 9.80 Å². The molecule has 5 heteroatoms. The Labute approximate surface area is 183 Å². The Balaban J connectivity index is 1.24. The predicted octanol–water partition coefficient (Wildman–Crippen LogP) is 4.70. The summed E-state index contributed by atoms with van der Waals surface area (Å²) in [7, 11) is 2.12. The molecule has 0 N–H and O–H groups in total. The van der Waals surface area contributed by atoms with Crippen molar-refractivity contribution in [3.05, 3.63) is 63.7 Å². The van der Waals surface area contributed by atoms with Crippen LogP contribution in [0.15, 0.2) is 36.4 Å². The van der Waals surface area contributed by atoms with Crippen molar-refractivity contribution in [2.24, 2.45) is 0 Å². The number of hydrogen-bond donors (Lipinski definition) is 0. The van der Waals surface area contributed by atoms with E-state index in [0.717, 1.165) is 68.0 Å². The first-order chi connectivity index (χ1) is 14.5. The lowest BCUT2D eigenvalue weighted by Crippen LogP contribution is -2.32. The summed E-state index contributed by atoms with van der Waals surface area (Å²) in [6, 6.07) is 12.0. The van der Waals surface area contributed by atoms with Gasteiger partial charge in [0.25, 0.3) is 0 Å². The number of hydrogen-bond acceptors (Lipinski definition) is 3. The van der Waals surface area contributed by atoms with Gasteiger partial charge in [-0.15, -0.1) is 0 Å². The van der Waals surface area contributed by atoms with Crippen molar-refractivity contribution < 1.29 is 9.59 Å². The van der Waals surface area contributed by atoms with Crippen molar-refractivity contribution in [3.63, 3.8) is 0 Å². The van der Waals surface area contributed by atoms with E-state index in [1.54, 1.807) is 0 Å². The molecule has 0 bridgehead atoms. The Bertz CT molecular complexity index is 956. The molecule has 4 rings (SSSR count). The van der Waals surface area contributed by atoms with Crippen LogP contribution >= 0.6 is 11.6 Å². The molecule has 2 aromatic rings. The van der Waals surface area contributed by atoms with Crippen molar-refractivity contribution in [2.45, 2.75) is 44.9 Å². The zero-order chi connectivity index (χ0) is 21.1. The van der Waals surface area contributed by atoms with Gasteiger partial charge in [0.15, 0.2) is 5.78 Å². The van der Waals surface area contributed by atoms with E-state index in [-0.39, 0.29) is 11.7 Å². The number of likely N-dealkylation sites (N-methyl/N-ethyl adjacent to an activating group) is 1. The number of unbranched alkanes of at least 4 members (excludes halogenated alkanes) is 1. The monoisotopic (exact) mass is 424 g/mol. The minimum atomic E-state index is 0.221. The minimum absolute atomic E-state index is 0.221. The maximum absolute atomic E-state index is 12.8. The molecule has 158 valence electrons. The summed E-state index contributed by atoms with van der Waals surface area (Å²) in [6.07, 6.45) is 5.61. The Kier molecular flexibility index (Phi) is 6.55. The molecule has 0 atom stereocenters. The molecule has 0 fully saturated rings. The number of Topliss-reactive ketones (excluding diaryl/α,β-unsaturated/α-hetero) is 1. The first-order valence-electron chi connectivity index (χ1n) is 10.9. The van der Waals surface area contributed by atoms with Gasteiger partial charge in [0.2, 0.25) is 5.91 Å². The van der Waals surface area contributed by atoms with Crippen LogP contribution in [-0.2, 0) is 24.1 Å². The highest BCUT2D eigenvalue weighted by Gasteiger charge is 2.31. The Morgan fingerprint density at radius 1 is 1.07 bits per heavy atom. The third kappa shape index (κ3) is 4.60. The van der Waals surface area contributed by atoms with Crippen LogP contribution in [0.5, 0.6) is 0 Å². The van der Waals surface area contributed by atoms with Crippen LogP contribution in [0.3, 0.4) is 0 Å². The van der Waals surface area contributed by atoms with Gasteiger partial charge in [0.1, 0.15) is 0 Å². The quantitative estimate of drug-likeness (QED) is 0.432. The molecule has 0 aliphatic carbocycles. The van der Waals surface area contributed by atoms with Crippen molar-refractivity contribution >= 4 is 29.0 Å². The van der Waals surface area contributed by atoms with Gasteiger partial charge in [-0.05, 0) is 80.6 Å². The maximum atomic E-state index is 12.8. The van der Waals surface area contributed by atoms with E-state index in [4.69, 9.17) is 11.6 Å². The summed E-state index contributed by atoms with van der Waals surface area (Å²) in [5, 5.41) is 0.831. The van der Waals surface area contributed by atoms with Crippen molar-refractivity contribution in [1.82, 2.24) is 4.90 Å². The smallest absolute Gasteiger partial charge is 0.227 e. The molecule has 2 aliphatic heterocycles. The molecule has 2 aliphatic rings. The molecule has 0 spiro atoms. The Morgan fingerprint density at radius 2 is 1.83 bits per heavy atom. The molecule has 0 saturated heterocycles. The second kappa shape index (κ2) is 9.32. The lowest BCUT2D eigenvalue weighted by Gasteiger charge is -2.25. The number of carbonyl (C=O) groups is 2. The molecular weight excluding hydrogens is 396 g/mol. The van der Waals surface area contributed by atoms with Crippen molar-refractivity contribution in [3.8, 4) is 0 Å². The van der Waals surface area contributed by atoms with Gasteiger partial charge in [-0.3, -0.25) is 9.59 Å². The molecule has 4 nitrogen and oxygen atoms in total. The van der Waals surface area contributed by atoms with Crippen LogP contribution in [0.4, 0.5) is 5.69 Å². The first kappa shape index (κ1) is 21.1. The number of amides is 1. The Morgan fingerprint density at radius 3 is 2.63 bits per heavy atom. The second-order valence-electron chi connectivity index (χ2n) is 8.46. The fourth-order valence-electron chi connectivity index (χ4n) is 4.55. The molecule has 0 unspecified atom stereocenters. The number of ketones is 1. The zero-order valence-electron chi connectivity index (χ0n) is 17.6. The van der Waals surface area contributed by atoms with E-state index in [1.807, 2.05) is 35.2 Å². The van der Waals surface area contributed by atoms with Crippen LogP contribution in [0, 0.1) is 0 Å². The largest absolute Gasteiger partial charge is 0.312 e. The highest BCUT2D eigenvalue weighted by atomic mass is 35.5. The predicted molar refractivity (Wildman–Crippen MR) is 122 cm³/mol. The SMILES string of the molecule is CN(CCCCC(=O)c1cc2c3c(c1)CCN3C(=O)CC2)CCc1ccccc1Cl. The number of carbonyl (C=O) groups excluding carboxylic acids is 2. The van der Waals surface area contributed by atoms with Crippen LogP contribution < -0.4 is 4.90 Å². The van der Waals surface area contributed by atoms with E-state index in [1.165, 1.54) is 16.7 Å². The average Bonchev–Trinajstić information content (AvgIpc) is 3.18. The van der Waals surface area contributed by atoms with Gasteiger partial charge in [0.05, 0.1) is 5.69 Å². The van der Waals surface area contributed by atoms with Gasteiger partial charge >= 0.3 is 0 Å². The highest BCUT2D eigenvalue weighted by Crippen LogP contribution is 2.37. The molecule has 0 saturated carbocycles. The first-order valence-corrected chi connectivity index (χ1v) is 11.3. The summed E-state index contributed by atoms with van der Waals surface area (Å²) >= 11 is 6.23. The molecule has 2 heterocycles.